The van der Waals surface area contributed by atoms with Crippen LogP contribution in [0.1, 0.15) is 73.1 Å². The second kappa shape index (κ2) is 13.6. The Labute approximate surface area is 279 Å². The summed E-state index contributed by atoms with van der Waals surface area (Å²) in [5.41, 5.74) is 4.11. The largest absolute Gasteiger partial charge is 0.496 e. The van der Waals surface area contributed by atoms with Crippen molar-refractivity contribution in [2.75, 3.05) is 14.2 Å². The van der Waals surface area contributed by atoms with Gasteiger partial charge in [0.15, 0.2) is 0 Å². The maximum absolute atomic E-state index is 14.8. The molecule has 46 heavy (non-hydrogen) atoms. The highest BCUT2D eigenvalue weighted by Crippen LogP contribution is 2.40. The maximum atomic E-state index is 14.8. The Balaban J connectivity index is 1.49. The molecule has 1 saturated carbocycles. The minimum absolute atomic E-state index is 0.0129. The smallest absolute Gasteiger partial charge is 0.410 e. The van der Waals surface area contributed by atoms with Gasteiger partial charge >= 0.3 is 6.09 Å². The van der Waals surface area contributed by atoms with Crippen molar-refractivity contribution in [3.63, 3.8) is 0 Å². The Morgan fingerprint density at radius 1 is 1.00 bits per heavy atom. The first-order valence-electron chi connectivity index (χ1n) is 15.5. The minimum Gasteiger partial charge on any atom is -0.496 e. The summed E-state index contributed by atoms with van der Waals surface area (Å²) >= 11 is 7.93. The summed E-state index contributed by atoms with van der Waals surface area (Å²) in [5, 5.41) is 0.401. The summed E-state index contributed by atoms with van der Waals surface area (Å²) in [5.74, 6) is -0.0409. The van der Waals surface area contributed by atoms with Gasteiger partial charge in [-0.2, -0.15) is 0 Å². The molecule has 1 fully saturated rings. The van der Waals surface area contributed by atoms with E-state index in [0.29, 0.717) is 41.0 Å². The summed E-state index contributed by atoms with van der Waals surface area (Å²) in [4.78, 5) is 35.6. The van der Waals surface area contributed by atoms with Gasteiger partial charge in [-0.3, -0.25) is 9.78 Å². The lowest BCUT2D eigenvalue weighted by atomic mass is 9.89. The minimum atomic E-state index is -0.587. The first-order valence-corrected chi connectivity index (χ1v) is 16.7. The topological polar surface area (TPSA) is 72.0 Å². The zero-order valence-electron chi connectivity index (χ0n) is 27.4. The quantitative estimate of drug-likeness (QED) is 0.197. The van der Waals surface area contributed by atoms with Gasteiger partial charge in [0.25, 0.3) is 5.91 Å². The van der Waals surface area contributed by atoms with E-state index in [0.717, 1.165) is 28.1 Å². The van der Waals surface area contributed by atoms with Gasteiger partial charge in [-0.25, -0.2) is 9.18 Å². The number of amides is 2. The lowest BCUT2D eigenvalue weighted by Crippen LogP contribution is -2.47. The molecule has 2 heterocycles. The predicted molar refractivity (Wildman–Crippen MR) is 182 cm³/mol. The van der Waals surface area contributed by atoms with Crippen molar-refractivity contribution in [2.24, 2.45) is 0 Å². The number of benzene rings is 2. The average molecular weight is 666 g/mol. The van der Waals surface area contributed by atoms with Gasteiger partial charge in [0.05, 0.1) is 12.1 Å². The molecule has 2 aromatic heterocycles. The number of halogens is 2. The Morgan fingerprint density at radius 3 is 2.26 bits per heavy atom. The number of ether oxygens (including phenoxy) is 2. The number of hydrogen-bond acceptors (Lipinski definition) is 6. The van der Waals surface area contributed by atoms with Crippen LogP contribution in [0.25, 0.3) is 21.2 Å². The molecule has 10 heteroatoms. The van der Waals surface area contributed by atoms with E-state index >= 15 is 0 Å². The third-order valence-corrected chi connectivity index (χ3v) is 10.1. The van der Waals surface area contributed by atoms with Gasteiger partial charge < -0.3 is 19.3 Å². The zero-order chi connectivity index (χ0) is 33.3. The third-order valence-electron chi connectivity index (χ3n) is 8.43. The fourth-order valence-electron chi connectivity index (χ4n) is 6.21. The average Bonchev–Trinajstić information content (AvgIpc) is 3.35. The maximum Gasteiger partial charge on any atom is 0.410 e. The molecule has 0 saturated heterocycles. The van der Waals surface area contributed by atoms with Crippen molar-refractivity contribution in [1.29, 1.82) is 0 Å². The van der Waals surface area contributed by atoms with Crippen molar-refractivity contribution in [3.8, 4) is 16.9 Å². The van der Waals surface area contributed by atoms with Crippen molar-refractivity contribution in [2.45, 2.75) is 84.5 Å². The van der Waals surface area contributed by atoms with Crippen LogP contribution in [0.4, 0.5) is 9.18 Å². The number of fused-ring (bicyclic) bond motifs is 1. The van der Waals surface area contributed by atoms with Gasteiger partial charge in [-0.05, 0) is 108 Å². The van der Waals surface area contributed by atoms with E-state index in [1.807, 2.05) is 63.8 Å². The van der Waals surface area contributed by atoms with E-state index in [1.165, 1.54) is 17.4 Å². The molecule has 0 spiro atoms. The van der Waals surface area contributed by atoms with Crippen LogP contribution in [0.2, 0.25) is 5.02 Å². The first kappa shape index (κ1) is 33.7. The van der Waals surface area contributed by atoms with Crippen LogP contribution >= 0.6 is 22.9 Å². The standard InChI is InChI=1S/C36H41ClFN3O4S/c1-21-17-24(18-22(2)39-21)23-11-16-29(44-7)25(19-23)20-41(34(42)33-32(37)31-28(38)9-8-10-30(31)46-33)27-14-12-26(13-15-27)40(6)35(43)45-36(3,4)5/h8-11,16-19,26-27H,12-15,20H2,1-7H3/t26-,27-. The molecule has 2 amide bonds. The normalized spacial score (nSPS) is 16.7. The van der Waals surface area contributed by atoms with E-state index in [1.54, 1.807) is 31.2 Å². The molecule has 0 unspecified atom stereocenters. The first-order chi connectivity index (χ1) is 21.8. The molecule has 0 radical (unpaired) electrons. The van der Waals surface area contributed by atoms with Crippen LogP contribution in [0, 0.1) is 19.7 Å². The molecule has 7 nitrogen and oxygen atoms in total. The van der Waals surface area contributed by atoms with Gasteiger partial charge in [0.2, 0.25) is 0 Å². The highest BCUT2D eigenvalue weighted by Gasteiger charge is 2.35. The molecule has 1 aliphatic carbocycles. The van der Waals surface area contributed by atoms with Gasteiger partial charge in [0.1, 0.15) is 22.0 Å². The number of carbonyl (C=O) groups excluding carboxylic acids is 2. The molecular weight excluding hydrogens is 625 g/mol. The van der Waals surface area contributed by atoms with Crippen LogP contribution in [0.15, 0.2) is 48.5 Å². The molecule has 244 valence electrons. The van der Waals surface area contributed by atoms with E-state index in [2.05, 4.69) is 11.1 Å². The van der Waals surface area contributed by atoms with Crippen molar-refractivity contribution in [1.82, 2.24) is 14.8 Å². The summed E-state index contributed by atoms with van der Waals surface area (Å²) in [6.07, 6.45) is 2.39. The van der Waals surface area contributed by atoms with Crippen LogP contribution in [-0.2, 0) is 11.3 Å². The molecule has 0 bridgehead atoms. The fourth-order valence-corrected chi connectivity index (χ4v) is 7.72. The fraction of sp³-hybridized carbons (Fsp3) is 0.417. The highest BCUT2D eigenvalue weighted by molar-refractivity contribution is 7.21. The number of thiophene rings is 1. The number of methoxy groups -OCH3 is 1. The number of rotatable bonds is 7. The third kappa shape index (κ3) is 7.31. The van der Waals surface area contributed by atoms with E-state index in [9.17, 15) is 14.0 Å². The van der Waals surface area contributed by atoms with Crippen molar-refractivity contribution >= 4 is 45.0 Å². The number of pyridine rings is 1. The van der Waals surface area contributed by atoms with Gasteiger partial charge in [0, 0.05) is 52.7 Å². The second-order valence-corrected chi connectivity index (χ2v) is 14.4. The lowest BCUT2D eigenvalue weighted by Gasteiger charge is -2.40. The van der Waals surface area contributed by atoms with Crippen LogP contribution in [0.5, 0.6) is 5.75 Å². The number of aryl methyl sites for hydroxylation is 2. The second-order valence-electron chi connectivity index (χ2n) is 13.0. The van der Waals surface area contributed by atoms with Crippen LogP contribution in [0.3, 0.4) is 0 Å². The van der Waals surface area contributed by atoms with Crippen LogP contribution in [-0.4, -0.2) is 58.6 Å². The summed E-state index contributed by atoms with van der Waals surface area (Å²) in [6, 6.07) is 14.7. The number of aromatic nitrogens is 1. The van der Waals surface area contributed by atoms with E-state index in [-0.39, 0.29) is 41.0 Å². The molecule has 4 aromatic rings. The molecule has 0 atom stereocenters. The molecule has 0 aliphatic heterocycles. The molecule has 0 N–H and O–H groups in total. The summed E-state index contributed by atoms with van der Waals surface area (Å²) < 4.78 is 26.8. The molecular formula is C36H41ClFN3O4S. The molecule has 2 aromatic carbocycles. The SMILES string of the molecule is COc1ccc(-c2cc(C)nc(C)c2)cc1CN(C(=O)c1sc2cccc(F)c2c1Cl)[C@H]1CC[C@H](N(C)C(=O)OC(C)(C)C)CC1. The summed E-state index contributed by atoms with van der Waals surface area (Å²) in [6.45, 7) is 9.76. The predicted octanol–water partition coefficient (Wildman–Crippen LogP) is 9.20. The Bertz CT molecular complexity index is 1740. The lowest BCUT2D eigenvalue weighted by molar-refractivity contribution is 0.0144. The number of hydrogen-bond donors (Lipinski definition) is 0. The van der Waals surface area contributed by atoms with Crippen LogP contribution < -0.4 is 4.74 Å². The van der Waals surface area contributed by atoms with Gasteiger partial charge in [-0.15, -0.1) is 11.3 Å². The highest BCUT2D eigenvalue weighted by atomic mass is 35.5. The van der Waals surface area contributed by atoms with Gasteiger partial charge in [-0.1, -0.05) is 23.7 Å². The zero-order valence-corrected chi connectivity index (χ0v) is 29.0. The Hall–Kier alpha value is -3.69. The van der Waals surface area contributed by atoms with E-state index in [4.69, 9.17) is 21.1 Å². The van der Waals surface area contributed by atoms with E-state index < -0.39 is 11.4 Å². The number of nitrogens with zero attached hydrogens (tertiary/aromatic N) is 3. The molecule has 1 aliphatic rings. The van der Waals surface area contributed by atoms with Crippen molar-refractivity contribution in [3.05, 3.63) is 81.2 Å². The monoisotopic (exact) mass is 665 g/mol. The Morgan fingerprint density at radius 2 is 1.65 bits per heavy atom. The van der Waals surface area contributed by atoms with Crippen molar-refractivity contribution < 1.29 is 23.5 Å². The number of carbonyl (C=O) groups is 2. The molecule has 5 rings (SSSR count). The Kier molecular flexibility index (Phi) is 9.94. The summed E-state index contributed by atoms with van der Waals surface area (Å²) in [7, 11) is 3.39.